The summed E-state index contributed by atoms with van der Waals surface area (Å²) in [4.78, 5) is 34.1. The van der Waals surface area contributed by atoms with Crippen LogP contribution in [0.3, 0.4) is 0 Å². The second kappa shape index (κ2) is 11.9. The first kappa shape index (κ1) is 26.8. The number of benzene rings is 3. The molecule has 0 spiro atoms. The number of fused-ring (bicyclic) bond motifs is 2. The Labute approximate surface area is 231 Å². The van der Waals surface area contributed by atoms with Crippen LogP contribution in [0.5, 0.6) is 0 Å². The van der Waals surface area contributed by atoms with Gasteiger partial charge in [-0.1, -0.05) is 48.0 Å². The smallest absolute Gasteiger partial charge is 0.305 e. The van der Waals surface area contributed by atoms with Gasteiger partial charge in [-0.2, -0.15) is 0 Å². The van der Waals surface area contributed by atoms with Crippen molar-refractivity contribution in [3.05, 3.63) is 94.1 Å². The number of carbonyl (C=O) groups excluding carboxylic acids is 2. The zero-order valence-corrected chi connectivity index (χ0v) is 22.4. The predicted molar refractivity (Wildman–Crippen MR) is 149 cm³/mol. The second-order valence-electron chi connectivity index (χ2n) is 9.72. The van der Waals surface area contributed by atoms with Gasteiger partial charge in [-0.15, -0.1) is 0 Å². The quantitative estimate of drug-likeness (QED) is 0.239. The molecular weight excluding hydrogens is 517 g/mol. The molecule has 1 N–H and O–H groups in total. The molecule has 1 amide bonds. The summed E-state index contributed by atoms with van der Waals surface area (Å²) in [5.74, 6) is -0.598. The molecule has 1 aliphatic rings. The normalized spacial score (nSPS) is 15.4. The molecular formula is C31H29ClFN3O3. The number of rotatable bonds is 8. The van der Waals surface area contributed by atoms with Crippen LogP contribution in [0.25, 0.3) is 22.3 Å². The zero-order chi connectivity index (χ0) is 27.4. The van der Waals surface area contributed by atoms with Crippen LogP contribution in [0.1, 0.15) is 71.5 Å². The van der Waals surface area contributed by atoms with Crippen LogP contribution in [0.15, 0.2) is 66.7 Å². The lowest BCUT2D eigenvalue weighted by Gasteiger charge is -2.26. The van der Waals surface area contributed by atoms with E-state index in [4.69, 9.17) is 16.6 Å². The number of aromatic nitrogens is 2. The van der Waals surface area contributed by atoms with Crippen molar-refractivity contribution in [3.63, 3.8) is 0 Å². The molecule has 39 heavy (non-hydrogen) atoms. The van der Waals surface area contributed by atoms with Crippen LogP contribution in [0, 0.1) is 0 Å². The summed E-state index contributed by atoms with van der Waals surface area (Å²) in [6.45, 7) is 0. The molecule has 1 aliphatic carbocycles. The second-order valence-corrected chi connectivity index (χ2v) is 10.2. The highest BCUT2D eigenvalue weighted by atomic mass is 35.5. The fourth-order valence-corrected chi connectivity index (χ4v) is 5.18. The molecule has 0 saturated heterocycles. The number of ether oxygens (including phenoxy) is 1. The van der Waals surface area contributed by atoms with E-state index in [-0.39, 0.29) is 36.5 Å². The molecule has 3 aromatic carbocycles. The van der Waals surface area contributed by atoms with E-state index in [2.05, 4.69) is 27.2 Å². The summed E-state index contributed by atoms with van der Waals surface area (Å²) in [5, 5.41) is 3.72. The summed E-state index contributed by atoms with van der Waals surface area (Å²) in [6.07, 6.45) is 1.93. The number of nitrogens with zero attached hydrogens (tertiary/aromatic N) is 2. The Hall–Kier alpha value is -3.84. The van der Waals surface area contributed by atoms with E-state index in [1.165, 1.54) is 12.7 Å². The number of esters is 1. The Morgan fingerprint density at radius 1 is 1.08 bits per heavy atom. The first-order valence-electron chi connectivity index (χ1n) is 13.1. The minimum absolute atomic E-state index is 0.0582. The van der Waals surface area contributed by atoms with Crippen molar-refractivity contribution in [2.75, 3.05) is 7.11 Å². The highest BCUT2D eigenvalue weighted by Crippen LogP contribution is 2.33. The number of nitrogens with one attached hydrogen (secondary N) is 1. The van der Waals surface area contributed by atoms with Gasteiger partial charge in [0.2, 0.25) is 0 Å². The first-order valence-corrected chi connectivity index (χ1v) is 13.5. The highest BCUT2D eigenvalue weighted by Gasteiger charge is 2.24. The molecule has 0 saturated carbocycles. The molecule has 0 aliphatic heterocycles. The SMILES string of the molecule is COC(=O)CCCC(F)c1nc2cc(C(=O)N[C@@H]3CCCc4ccccc43)ccc2nc1-c1ccc(Cl)cc1. The third-order valence-corrected chi connectivity index (χ3v) is 7.36. The minimum atomic E-state index is -1.46. The summed E-state index contributed by atoms with van der Waals surface area (Å²) in [6, 6.07) is 20.2. The van der Waals surface area contributed by atoms with E-state index in [1.807, 2.05) is 12.1 Å². The Kier molecular flexibility index (Phi) is 8.17. The molecule has 0 radical (unpaired) electrons. The van der Waals surface area contributed by atoms with Crippen molar-refractivity contribution in [2.45, 2.75) is 50.7 Å². The number of carbonyl (C=O) groups is 2. The zero-order valence-electron chi connectivity index (χ0n) is 21.6. The van der Waals surface area contributed by atoms with Gasteiger partial charge < -0.3 is 10.1 Å². The molecule has 1 unspecified atom stereocenters. The molecule has 4 aromatic rings. The van der Waals surface area contributed by atoms with Gasteiger partial charge in [0.25, 0.3) is 5.91 Å². The summed E-state index contributed by atoms with van der Waals surface area (Å²) in [7, 11) is 1.31. The Balaban J connectivity index is 1.45. The molecule has 0 fully saturated rings. The maximum absolute atomic E-state index is 15.6. The summed E-state index contributed by atoms with van der Waals surface area (Å²) >= 11 is 6.06. The van der Waals surface area contributed by atoms with Crippen LogP contribution in [0.2, 0.25) is 5.02 Å². The van der Waals surface area contributed by atoms with E-state index in [0.717, 1.165) is 24.8 Å². The van der Waals surface area contributed by atoms with Crippen molar-refractivity contribution < 1.29 is 18.7 Å². The monoisotopic (exact) mass is 545 g/mol. The van der Waals surface area contributed by atoms with Gasteiger partial charge in [-0.25, -0.2) is 14.4 Å². The molecule has 200 valence electrons. The molecule has 0 bridgehead atoms. The minimum Gasteiger partial charge on any atom is -0.469 e. The molecule has 8 heteroatoms. The maximum atomic E-state index is 15.6. The van der Waals surface area contributed by atoms with Gasteiger partial charge in [0.1, 0.15) is 11.9 Å². The van der Waals surface area contributed by atoms with Crippen molar-refractivity contribution in [1.29, 1.82) is 0 Å². The lowest BCUT2D eigenvalue weighted by atomic mass is 9.87. The largest absolute Gasteiger partial charge is 0.469 e. The van der Waals surface area contributed by atoms with Crippen LogP contribution < -0.4 is 5.32 Å². The van der Waals surface area contributed by atoms with Gasteiger partial charge in [-0.05, 0) is 73.6 Å². The number of methoxy groups -OCH3 is 1. The fraction of sp³-hybridized carbons (Fsp3) is 0.290. The average molecular weight is 546 g/mol. The summed E-state index contributed by atoms with van der Waals surface area (Å²) < 4.78 is 20.3. The fourth-order valence-electron chi connectivity index (χ4n) is 5.06. The van der Waals surface area contributed by atoms with Crippen LogP contribution in [-0.2, 0) is 16.0 Å². The van der Waals surface area contributed by atoms with Gasteiger partial charge in [-0.3, -0.25) is 9.59 Å². The molecule has 1 heterocycles. The van der Waals surface area contributed by atoms with Gasteiger partial charge in [0, 0.05) is 22.6 Å². The standard InChI is InChI=1S/C31H29ClFN3O3/c1-39-28(37)11-5-9-24(33)30-29(20-12-15-22(32)16-13-20)34-26-17-14-21(18-27(26)35-30)31(38)36-25-10-4-7-19-6-2-3-8-23(19)25/h2-3,6,8,12-18,24-25H,4-5,7,9-11H2,1H3,(H,36,38)/t24?,25-/m1/s1. The topological polar surface area (TPSA) is 81.2 Å². The third kappa shape index (κ3) is 6.09. The predicted octanol–water partition coefficient (Wildman–Crippen LogP) is 7.11. The Morgan fingerprint density at radius 2 is 1.87 bits per heavy atom. The average Bonchev–Trinajstić information content (AvgIpc) is 2.96. The number of halogens is 2. The van der Waals surface area contributed by atoms with E-state index in [1.54, 1.807) is 42.5 Å². The van der Waals surface area contributed by atoms with Gasteiger partial charge in [0.15, 0.2) is 0 Å². The number of alkyl halides is 1. The lowest BCUT2D eigenvalue weighted by Crippen LogP contribution is -2.31. The highest BCUT2D eigenvalue weighted by molar-refractivity contribution is 6.30. The van der Waals surface area contributed by atoms with Crippen molar-refractivity contribution in [2.24, 2.45) is 0 Å². The van der Waals surface area contributed by atoms with Crippen molar-refractivity contribution >= 4 is 34.5 Å². The van der Waals surface area contributed by atoms with Crippen molar-refractivity contribution in [3.8, 4) is 11.3 Å². The van der Waals surface area contributed by atoms with E-state index < -0.39 is 6.17 Å². The number of amides is 1. The van der Waals surface area contributed by atoms with Crippen LogP contribution in [0.4, 0.5) is 4.39 Å². The van der Waals surface area contributed by atoms with Gasteiger partial charge in [0.05, 0.1) is 29.9 Å². The Bertz CT molecular complexity index is 1510. The number of hydrogen-bond donors (Lipinski definition) is 1. The third-order valence-electron chi connectivity index (χ3n) is 7.11. The van der Waals surface area contributed by atoms with E-state index >= 15 is 4.39 Å². The number of aryl methyl sites for hydroxylation is 1. The maximum Gasteiger partial charge on any atom is 0.305 e. The molecule has 2 atom stereocenters. The van der Waals surface area contributed by atoms with Crippen molar-refractivity contribution in [1.82, 2.24) is 15.3 Å². The Morgan fingerprint density at radius 3 is 2.67 bits per heavy atom. The lowest BCUT2D eigenvalue weighted by molar-refractivity contribution is -0.140. The van der Waals surface area contributed by atoms with Crippen LogP contribution in [-0.4, -0.2) is 29.0 Å². The van der Waals surface area contributed by atoms with Crippen LogP contribution >= 0.6 is 11.6 Å². The summed E-state index contributed by atoms with van der Waals surface area (Å²) in [5.41, 5.74) is 5.07. The molecule has 6 nitrogen and oxygen atoms in total. The van der Waals surface area contributed by atoms with E-state index in [9.17, 15) is 9.59 Å². The van der Waals surface area contributed by atoms with E-state index in [0.29, 0.717) is 39.3 Å². The first-order chi connectivity index (χ1) is 18.9. The number of hydrogen-bond acceptors (Lipinski definition) is 5. The van der Waals surface area contributed by atoms with Gasteiger partial charge >= 0.3 is 5.97 Å². The molecule has 1 aromatic heterocycles. The molecule has 5 rings (SSSR count).